The van der Waals surface area contributed by atoms with Gasteiger partial charge in [-0.25, -0.2) is 9.36 Å². The molecular formula is C25H28N6O9. The van der Waals surface area contributed by atoms with Crippen molar-refractivity contribution in [3.05, 3.63) is 48.3 Å². The number of rotatable bonds is 9. The number of hydrogen-bond acceptors (Lipinski definition) is 13. The number of esters is 4. The molecule has 4 rings (SSSR count). The highest BCUT2D eigenvalue weighted by Gasteiger charge is 2.51. The highest BCUT2D eigenvalue weighted by atomic mass is 16.7. The third-order valence-corrected chi connectivity index (χ3v) is 5.76. The molecule has 0 saturated carbocycles. The van der Waals surface area contributed by atoms with E-state index in [0.29, 0.717) is 5.69 Å². The van der Waals surface area contributed by atoms with Crippen LogP contribution in [0.15, 0.2) is 42.7 Å². The van der Waals surface area contributed by atoms with Crippen molar-refractivity contribution in [2.75, 3.05) is 0 Å². The Kier molecular flexibility index (Phi) is 8.83. The summed E-state index contributed by atoms with van der Waals surface area (Å²) in [4.78, 5) is 47.8. The highest BCUT2D eigenvalue weighted by Crippen LogP contribution is 2.34. The van der Waals surface area contributed by atoms with Crippen molar-refractivity contribution in [1.82, 2.24) is 30.0 Å². The first-order chi connectivity index (χ1) is 19.1. The number of carbonyl (C=O) groups excluding carboxylic acids is 4. The average molecular weight is 557 g/mol. The van der Waals surface area contributed by atoms with Crippen LogP contribution in [-0.2, 0) is 56.0 Å². The molecule has 0 amide bonds. The van der Waals surface area contributed by atoms with Gasteiger partial charge in [-0.1, -0.05) is 40.8 Å². The van der Waals surface area contributed by atoms with E-state index < -0.39 is 54.5 Å². The summed E-state index contributed by atoms with van der Waals surface area (Å²) < 4.78 is 30.0. The van der Waals surface area contributed by atoms with Crippen molar-refractivity contribution in [3.63, 3.8) is 0 Å². The zero-order chi connectivity index (χ0) is 28.8. The van der Waals surface area contributed by atoms with E-state index in [1.807, 2.05) is 30.3 Å². The van der Waals surface area contributed by atoms with Crippen LogP contribution in [-0.4, -0.2) is 78.3 Å². The normalized spacial score (nSPS) is 22.2. The molecule has 5 atom stereocenters. The van der Waals surface area contributed by atoms with Gasteiger partial charge in [0.25, 0.3) is 0 Å². The van der Waals surface area contributed by atoms with Crippen molar-refractivity contribution >= 4 is 23.9 Å². The lowest BCUT2D eigenvalue weighted by Crippen LogP contribution is -2.58. The van der Waals surface area contributed by atoms with Gasteiger partial charge in [0.1, 0.15) is 24.5 Å². The number of hydrogen-bond donors (Lipinski definition) is 0. The number of aromatic nitrogens is 6. The molecule has 0 N–H and O–H groups in total. The van der Waals surface area contributed by atoms with Gasteiger partial charge in [0.05, 0.1) is 18.5 Å². The van der Waals surface area contributed by atoms with Crippen LogP contribution < -0.4 is 0 Å². The molecule has 1 aliphatic heterocycles. The number of benzene rings is 1. The van der Waals surface area contributed by atoms with E-state index in [0.717, 1.165) is 5.56 Å². The fourth-order valence-electron chi connectivity index (χ4n) is 4.13. The van der Waals surface area contributed by atoms with Crippen LogP contribution in [0.1, 0.15) is 39.5 Å². The third kappa shape index (κ3) is 7.05. The zero-order valence-corrected chi connectivity index (χ0v) is 22.2. The monoisotopic (exact) mass is 556 g/mol. The van der Waals surface area contributed by atoms with E-state index in [4.69, 9.17) is 23.7 Å². The van der Waals surface area contributed by atoms with Crippen LogP contribution in [0.3, 0.4) is 0 Å². The summed E-state index contributed by atoms with van der Waals surface area (Å²) in [7, 11) is 0. The van der Waals surface area contributed by atoms with Gasteiger partial charge in [-0.15, -0.1) is 10.2 Å². The quantitative estimate of drug-likeness (QED) is 0.270. The summed E-state index contributed by atoms with van der Waals surface area (Å²) >= 11 is 0. The zero-order valence-electron chi connectivity index (χ0n) is 22.2. The van der Waals surface area contributed by atoms with Crippen molar-refractivity contribution in [3.8, 4) is 11.4 Å². The van der Waals surface area contributed by atoms with E-state index >= 15 is 0 Å². The van der Waals surface area contributed by atoms with Gasteiger partial charge in [-0.3, -0.25) is 19.2 Å². The SMILES string of the molecule is CC(=O)O[C@@H]1[C@@H](OC(C)=O)[C@H](n2cc(-c3cn(CC(=O)OCc4ccccc4)nn3)nn2)O[C@H](C)[C@@H]1OC(C)=O. The first-order valence-corrected chi connectivity index (χ1v) is 12.3. The van der Waals surface area contributed by atoms with Crippen molar-refractivity contribution in [2.45, 2.75) is 71.5 Å². The summed E-state index contributed by atoms with van der Waals surface area (Å²) in [6, 6.07) is 9.26. The van der Waals surface area contributed by atoms with Gasteiger partial charge in [-0.2, -0.15) is 0 Å². The van der Waals surface area contributed by atoms with Crippen LogP contribution in [0.2, 0.25) is 0 Å². The maximum absolute atomic E-state index is 12.2. The van der Waals surface area contributed by atoms with Gasteiger partial charge < -0.3 is 23.7 Å². The molecule has 15 nitrogen and oxygen atoms in total. The highest BCUT2D eigenvalue weighted by molar-refractivity contribution is 5.69. The van der Waals surface area contributed by atoms with Crippen molar-refractivity contribution in [1.29, 1.82) is 0 Å². The second-order valence-corrected chi connectivity index (χ2v) is 8.99. The van der Waals surface area contributed by atoms with Crippen LogP contribution in [0.4, 0.5) is 0 Å². The summed E-state index contributed by atoms with van der Waals surface area (Å²) in [5, 5.41) is 16.1. The lowest BCUT2D eigenvalue weighted by atomic mass is 9.98. The first kappa shape index (κ1) is 28.4. The second kappa shape index (κ2) is 12.5. The lowest BCUT2D eigenvalue weighted by molar-refractivity contribution is -0.261. The molecule has 40 heavy (non-hydrogen) atoms. The molecule has 0 unspecified atom stereocenters. The van der Waals surface area contributed by atoms with E-state index in [-0.39, 0.29) is 18.8 Å². The number of nitrogens with zero attached hydrogens (tertiary/aromatic N) is 6. The predicted octanol–water partition coefficient (Wildman–Crippen LogP) is 0.992. The maximum atomic E-state index is 12.2. The second-order valence-electron chi connectivity index (χ2n) is 8.99. The Hall–Kier alpha value is -4.66. The summed E-state index contributed by atoms with van der Waals surface area (Å²) in [6.45, 7) is 5.13. The molecule has 1 aromatic carbocycles. The van der Waals surface area contributed by atoms with Crippen LogP contribution in [0, 0.1) is 0 Å². The Balaban J connectivity index is 1.50. The van der Waals surface area contributed by atoms with E-state index in [2.05, 4.69) is 20.6 Å². The Morgan fingerprint density at radius 1 is 0.825 bits per heavy atom. The van der Waals surface area contributed by atoms with Gasteiger partial charge in [0.2, 0.25) is 0 Å². The Morgan fingerprint density at radius 2 is 1.43 bits per heavy atom. The number of carbonyl (C=O) groups is 4. The molecule has 2 aromatic heterocycles. The molecule has 15 heteroatoms. The topological polar surface area (TPSA) is 176 Å². The van der Waals surface area contributed by atoms with E-state index in [1.54, 1.807) is 6.92 Å². The smallest absolute Gasteiger partial charge is 0.328 e. The van der Waals surface area contributed by atoms with Gasteiger partial charge in [-0.05, 0) is 12.5 Å². The standard InChI is InChI=1S/C25H28N6O9/c1-14-22(38-15(2)32)23(39-16(3)33)24(40-17(4)34)25(37-14)31-11-20(27-29-31)19-10-30(28-26-19)12-21(35)36-13-18-8-6-5-7-9-18/h5-11,14,22-25H,12-13H2,1-4H3/t14-,22+,23+,24-,25-/m1/s1. The largest absolute Gasteiger partial charge is 0.459 e. The van der Waals surface area contributed by atoms with Gasteiger partial charge in [0, 0.05) is 20.8 Å². The molecule has 3 heterocycles. The molecule has 1 saturated heterocycles. The minimum absolute atomic E-state index is 0.130. The van der Waals surface area contributed by atoms with E-state index in [9.17, 15) is 19.2 Å². The van der Waals surface area contributed by atoms with E-state index in [1.165, 1.54) is 42.5 Å². The first-order valence-electron chi connectivity index (χ1n) is 12.3. The molecule has 0 aliphatic carbocycles. The molecule has 1 fully saturated rings. The van der Waals surface area contributed by atoms with Crippen LogP contribution >= 0.6 is 0 Å². The van der Waals surface area contributed by atoms with Gasteiger partial charge >= 0.3 is 23.9 Å². The molecule has 1 aliphatic rings. The summed E-state index contributed by atoms with van der Waals surface area (Å²) in [6.07, 6.45) is -2.38. The summed E-state index contributed by atoms with van der Waals surface area (Å²) in [5.74, 6) is -2.50. The third-order valence-electron chi connectivity index (χ3n) is 5.76. The molecular weight excluding hydrogens is 528 g/mol. The van der Waals surface area contributed by atoms with Crippen LogP contribution in [0.25, 0.3) is 11.4 Å². The number of ether oxygens (including phenoxy) is 5. The summed E-state index contributed by atoms with van der Waals surface area (Å²) in [5.41, 5.74) is 1.42. The maximum Gasteiger partial charge on any atom is 0.328 e. The fourth-order valence-corrected chi connectivity index (χ4v) is 4.13. The van der Waals surface area contributed by atoms with Crippen molar-refractivity contribution in [2.24, 2.45) is 0 Å². The molecule has 3 aromatic rings. The molecule has 0 spiro atoms. The molecule has 0 bridgehead atoms. The Bertz CT molecular complexity index is 1360. The minimum Gasteiger partial charge on any atom is -0.459 e. The van der Waals surface area contributed by atoms with Crippen molar-refractivity contribution < 1.29 is 42.9 Å². The Labute approximate surface area is 228 Å². The molecule has 0 radical (unpaired) electrons. The average Bonchev–Trinajstić information content (AvgIpc) is 3.56. The molecule has 212 valence electrons. The fraction of sp³-hybridized carbons (Fsp3) is 0.440. The Morgan fingerprint density at radius 3 is 2.10 bits per heavy atom. The van der Waals surface area contributed by atoms with Gasteiger partial charge in [0.15, 0.2) is 24.5 Å². The lowest BCUT2D eigenvalue weighted by Gasteiger charge is -2.43. The predicted molar refractivity (Wildman–Crippen MR) is 132 cm³/mol. The van der Waals surface area contributed by atoms with Crippen LogP contribution in [0.5, 0.6) is 0 Å². The minimum atomic E-state index is -1.23.